The van der Waals surface area contributed by atoms with Crippen LogP contribution in [0.25, 0.3) is 0 Å². The fourth-order valence-electron chi connectivity index (χ4n) is 4.78. The van der Waals surface area contributed by atoms with Crippen molar-refractivity contribution in [2.24, 2.45) is 5.41 Å². The van der Waals surface area contributed by atoms with Gasteiger partial charge in [-0.1, -0.05) is 24.6 Å². The molecule has 29 heavy (non-hydrogen) atoms. The number of benzene rings is 1. The van der Waals surface area contributed by atoms with Crippen LogP contribution in [0, 0.1) is 5.41 Å². The lowest BCUT2D eigenvalue weighted by atomic mass is 9.73. The standard InChI is InChI=1S/C23H31N3O2S/c1-25-14-15-28-21-8-3-2-6-19(21)7-4-5-9-23(17-25)10-12-26(13-11-23)22(27)20-16-29-18-24-20/h2-3,6,8,16,18H,4-5,7,9-15,17H2,1H3. The molecule has 1 amide bonds. The molecular weight excluding hydrogens is 382 g/mol. The fraction of sp³-hybridized carbons (Fsp3) is 0.565. The highest BCUT2D eigenvalue weighted by atomic mass is 32.1. The van der Waals surface area contributed by atoms with Crippen LogP contribution in [-0.4, -0.2) is 60.5 Å². The Bertz CT molecular complexity index is 800. The topological polar surface area (TPSA) is 45.7 Å². The van der Waals surface area contributed by atoms with Gasteiger partial charge in [-0.2, -0.15) is 0 Å². The van der Waals surface area contributed by atoms with Crippen LogP contribution < -0.4 is 4.74 Å². The maximum atomic E-state index is 12.7. The van der Waals surface area contributed by atoms with Crippen molar-refractivity contribution in [1.29, 1.82) is 0 Å². The van der Waals surface area contributed by atoms with Crippen molar-refractivity contribution in [2.75, 3.05) is 39.8 Å². The van der Waals surface area contributed by atoms with E-state index in [1.165, 1.54) is 36.2 Å². The van der Waals surface area contributed by atoms with Crippen molar-refractivity contribution in [3.8, 4) is 5.75 Å². The summed E-state index contributed by atoms with van der Waals surface area (Å²) >= 11 is 1.48. The van der Waals surface area contributed by atoms with E-state index in [-0.39, 0.29) is 5.91 Å². The molecule has 1 spiro atoms. The molecule has 6 heteroatoms. The number of hydrogen-bond donors (Lipinski definition) is 0. The number of piperidine rings is 1. The molecule has 3 heterocycles. The van der Waals surface area contributed by atoms with Gasteiger partial charge in [0.05, 0.1) is 5.51 Å². The molecule has 1 fully saturated rings. The SMILES string of the molecule is CN1CCOc2ccccc2CCCCC2(CCN(C(=O)c3cscn3)CC2)C1. The minimum atomic E-state index is 0.0904. The summed E-state index contributed by atoms with van der Waals surface area (Å²) in [5.41, 5.74) is 3.96. The molecule has 2 aliphatic rings. The number of aromatic nitrogens is 1. The maximum Gasteiger partial charge on any atom is 0.273 e. The summed E-state index contributed by atoms with van der Waals surface area (Å²) in [5, 5.41) is 1.86. The van der Waals surface area contributed by atoms with E-state index in [1.54, 1.807) is 5.51 Å². The van der Waals surface area contributed by atoms with Crippen LogP contribution in [-0.2, 0) is 6.42 Å². The average Bonchev–Trinajstić information content (AvgIpc) is 3.26. The van der Waals surface area contributed by atoms with Gasteiger partial charge in [-0.15, -0.1) is 11.3 Å². The average molecular weight is 414 g/mol. The van der Waals surface area contributed by atoms with Crippen LogP contribution in [0.2, 0.25) is 0 Å². The zero-order valence-corrected chi connectivity index (χ0v) is 18.1. The highest BCUT2D eigenvalue weighted by Gasteiger charge is 2.37. The van der Waals surface area contributed by atoms with Gasteiger partial charge in [0.1, 0.15) is 18.1 Å². The Morgan fingerprint density at radius 2 is 1.97 bits per heavy atom. The van der Waals surface area contributed by atoms with Crippen molar-refractivity contribution >= 4 is 17.2 Å². The molecule has 1 saturated heterocycles. The minimum absolute atomic E-state index is 0.0904. The first kappa shape index (κ1) is 20.4. The molecule has 0 bridgehead atoms. The summed E-state index contributed by atoms with van der Waals surface area (Å²) in [6, 6.07) is 8.46. The first-order valence-corrected chi connectivity index (χ1v) is 11.7. The lowest BCUT2D eigenvalue weighted by molar-refractivity contribution is 0.0421. The molecule has 5 nitrogen and oxygen atoms in total. The quantitative estimate of drug-likeness (QED) is 0.706. The Hall–Kier alpha value is -1.92. The number of amides is 1. The molecule has 0 N–H and O–H groups in total. The predicted octanol–water partition coefficient (Wildman–Crippen LogP) is 4.10. The molecule has 0 atom stereocenters. The van der Waals surface area contributed by atoms with Crippen LogP contribution >= 0.6 is 11.3 Å². The van der Waals surface area contributed by atoms with Crippen molar-refractivity contribution in [2.45, 2.75) is 38.5 Å². The number of hydrogen-bond acceptors (Lipinski definition) is 5. The summed E-state index contributed by atoms with van der Waals surface area (Å²) < 4.78 is 6.10. The smallest absolute Gasteiger partial charge is 0.273 e. The van der Waals surface area contributed by atoms with Crippen LogP contribution in [0.15, 0.2) is 35.2 Å². The van der Waals surface area contributed by atoms with Gasteiger partial charge in [-0.3, -0.25) is 4.79 Å². The first-order valence-electron chi connectivity index (χ1n) is 10.7. The molecule has 1 aromatic carbocycles. The van der Waals surface area contributed by atoms with Crippen LogP contribution in [0.4, 0.5) is 0 Å². The van der Waals surface area contributed by atoms with E-state index in [2.05, 4.69) is 41.2 Å². The van der Waals surface area contributed by atoms with E-state index in [0.717, 1.165) is 57.8 Å². The van der Waals surface area contributed by atoms with Gasteiger partial charge in [-0.25, -0.2) is 4.98 Å². The summed E-state index contributed by atoms with van der Waals surface area (Å²) in [6.45, 7) is 4.40. The number of thiazole rings is 1. The number of carbonyl (C=O) groups is 1. The van der Waals surface area contributed by atoms with Crippen LogP contribution in [0.1, 0.15) is 48.2 Å². The van der Waals surface area contributed by atoms with Gasteiger partial charge < -0.3 is 14.5 Å². The third-order valence-electron chi connectivity index (χ3n) is 6.47. The molecular formula is C23H31N3O2S. The van der Waals surface area contributed by atoms with E-state index in [4.69, 9.17) is 4.74 Å². The Morgan fingerprint density at radius 3 is 2.76 bits per heavy atom. The zero-order valence-electron chi connectivity index (χ0n) is 17.3. The largest absolute Gasteiger partial charge is 0.492 e. The van der Waals surface area contributed by atoms with E-state index < -0.39 is 0 Å². The molecule has 0 unspecified atom stereocenters. The maximum absolute atomic E-state index is 12.7. The van der Waals surface area contributed by atoms with Crippen molar-refractivity contribution < 1.29 is 9.53 Å². The Kier molecular flexibility index (Phi) is 6.50. The second-order valence-corrected chi connectivity index (χ2v) is 9.29. The molecule has 0 aliphatic carbocycles. The van der Waals surface area contributed by atoms with Gasteiger partial charge >= 0.3 is 0 Å². The minimum Gasteiger partial charge on any atom is -0.492 e. The Morgan fingerprint density at radius 1 is 1.14 bits per heavy atom. The van der Waals surface area contributed by atoms with E-state index in [0.29, 0.717) is 11.1 Å². The van der Waals surface area contributed by atoms with Gasteiger partial charge in [0, 0.05) is 31.6 Å². The second kappa shape index (κ2) is 9.26. The highest BCUT2D eigenvalue weighted by molar-refractivity contribution is 7.07. The third kappa shape index (κ3) is 4.98. The number of carbonyl (C=O) groups excluding carboxylic acids is 1. The third-order valence-corrected chi connectivity index (χ3v) is 7.06. The first-order chi connectivity index (χ1) is 14.2. The lowest BCUT2D eigenvalue weighted by Crippen LogP contribution is -2.48. The normalized spacial score (nSPS) is 20.9. The highest BCUT2D eigenvalue weighted by Crippen LogP contribution is 2.38. The molecule has 2 aromatic rings. The molecule has 0 radical (unpaired) electrons. The van der Waals surface area contributed by atoms with Crippen LogP contribution in [0.5, 0.6) is 5.75 Å². The Balaban J connectivity index is 1.40. The fourth-order valence-corrected chi connectivity index (χ4v) is 5.31. The second-order valence-electron chi connectivity index (χ2n) is 8.57. The van der Waals surface area contributed by atoms with Gasteiger partial charge in [-0.05, 0) is 56.2 Å². The molecule has 2 aliphatic heterocycles. The van der Waals surface area contributed by atoms with Crippen LogP contribution in [0.3, 0.4) is 0 Å². The number of fused-ring (bicyclic) bond motifs is 1. The van der Waals surface area contributed by atoms with Gasteiger partial charge in [0.25, 0.3) is 5.91 Å². The van der Waals surface area contributed by atoms with E-state index in [9.17, 15) is 4.79 Å². The molecule has 0 saturated carbocycles. The number of nitrogens with zero attached hydrogens (tertiary/aromatic N) is 3. The number of likely N-dealkylation sites (N-methyl/N-ethyl adjacent to an activating group) is 1. The predicted molar refractivity (Wildman–Crippen MR) is 117 cm³/mol. The number of para-hydroxylation sites is 1. The van der Waals surface area contributed by atoms with Gasteiger partial charge in [0.2, 0.25) is 0 Å². The zero-order chi connectivity index (χ0) is 20.1. The monoisotopic (exact) mass is 413 g/mol. The lowest BCUT2D eigenvalue weighted by Gasteiger charge is -2.44. The molecule has 1 aromatic heterocycles. The van der Waals surface area contributed by atoms with Crippen molar-refractivity contribution in [3.63, 3.8) is 0 Å². The number of aryl methyl sites for hydroxylation is 1. The number of likely N-dealkylation sites (tertiary alicyclic amines) is 1. The van der Waals surface area contributed by atoms with E-state index >= 15 is 0 Å². The number of rotatable bonds is 1. The van der Waals surface area contributed by atoms with E-state index in [1.807, 2.05) is 10.3 Å². The summed E-state index contributed by atoms with van der Waals surface area (Å²) in [7, 11) is 2.20. The number of ether oxygens (including phenoxy) is 1. The Labute approximate surface area is 177 Å². The summed E-state index contributed by atoms with van der Waals surface area (Å²) in [5.74, 6) is 1.14. The molecule has 4 rings (SSSR count). The summed E-state index contributed by atoms with van der Waals surface area (Å²) in [4.78, 5) is 21.3. The molecule has 156 valence electrons. The van der Waals surface area contributed by atoms with Crippen molar-refractivity contribution in [3.05, 3.63) is 46.4 Å². The van der Waals surface area contributed by atoms with Gasteiger partial charge in [0.15, 0.2) is 0 Å². The van der Waals surface area contributed by atoms with Crippen molar-refractivity contribution in [1.82, 2.24) is 14.8 Å². The summed E-state index contributed by atoms with van der Waals surface area (Å²) in [6.07, 6.45) is 6.88.